The molecule has 0 amide bonds. The van der Waals surface area contributed by atoms with Crippen LogP contribution in [0.2, 0.25) is 0 Å². The van der Waals surface area contributed by atoms with Crippen LogP contribution in [0.4, 0.5) is 13.2 Å². The van der Waals surface area contributed by atoms with Crippen molar-refractivity contribution in [1.29, 1.82) is 0 Å². The Balaban J connectivity index is 2.40. The summed E-state index contributed by atoms with van der Waals surface area (Å²) in [7, 11) is 1.83. The minimum absolute atomic E-state index is 0.180. The molecule has 2 unspecified atom stereocenters. The highest BCUT2D eigenvalue weighted by Gasteiger charge is 2.33. The molecule has 2 rings (SSSR count). The summed E-state index contributed by atoms with van der Waals surface area (Å²) in [5.41, 5.74) is 5.77. The third-order valence-electron chi connectivity index (χ3n) is 3.46. The standard InChI is InChI=1S/C12H14BrF3N2/c1-18-5-6(4-17)2-9(18)7-3-8(14)12(16)10(13)11(7)15/h3,6,9H,2,4-5,17H2,1H3. The van der Waals surface area contributed by atoms with Gasteiger partial charge in [-0.25, -0.2) is 13.2 Å². The number of rotatable bonds is 2. The Morgan fingerprint density at radius 2 is 2.06 bits per heavy atom. The van der Waals surface area contributed by atoms with E-state index < -0.39 is 21.9 Å². The molecule has 0 saturated carbocycles. The molecule has 2 atom stereocenters. The molecule has 2 nitrogen and oxygen atoms in total. The normalized spacial score (nSPS) is 24.8. The van der Waals surface area contributed by atoms with Crippen molar-refractivity contribution >= 4 is 15.9 Å². The number of hydrogen-bond donors (Lipinski definition) is 1. The Labute approximate surface area is 112 Å². The summed E-state index contributed by atoms with van der Waals surface area (Å²) in [5, 5.41) is 0. The van der Waals surface area contributed by atoms with Crippen molar-refractivity contribution in [3.05, 3.63) is 33.6 Å². The minimum atomic E-state index is -1.19. The number of nitrogens with zero attached hydrogens (tertiary/aromatic N) is 1. The van der Waals surface area contributed by atoms with Gasteiger partial charge in [-0.3, -0.25) is 4.90 Å². The lowest BCUT2D eigenvalue weighted by molar-refractivity contribution is 0.304. The summed E-state index contributed by atoms with van der Waals surface area (Å²) in [5.74, 6) is -2.70. The molecule has 1 saturated heterocycles. The van der Waals surface area contributed by atoms with Crippen LogP contribution in [0.5, 0.6) is 0 Å². The molecule has 6 heteroatoms. The number of halogens is 4. The molecule has 0 aliphatic carbocycles. The maximum absolute atomic E-state index is 14.0. The summed E-state index contributed by atoms with van der Waals surface area (Å²) in [6, 6.07) is 0.681. The number of hydrogen-bond acceptors (Lipinski definition) is 2. The quantitative estimate of drug-likeness (QED) is 0.670. The van der Waals surface area contributed by atoms with Crippen molar-refractivity contribution in [2.24, 2.45) is 11.7 Å². The molecular weight excluding hydrogens is 309 g/mol. The van der Waals surface area contributed by atoms with Gasteiger partial charge in [-0.2, -0.15) is 0 Å². The molecule has 0 aromatic heterocycles. The molecule has 1 aliphatic heterocycles. The van der Waals surface area contributed by atoms with Gasteiger partial charge in [0, 0.05) is 18.2 Å². The second kappa shape index (κ2) is 5.19. The number of nitrogens with two attached hydrogens (primary N) is 1. The summed E-state index contributed by atoms with van der Waals surface area (Å²) < 4.78 is 40.1. The van der Waals surface area contributed by atoms with Crippen molar-refractivity contribution in [2.45, 2.75) is 12.5 Å². The van der Waals surface area contributed by atoms with Gasteiger partial charge in [0.15, 0.2) is 11.6 Å². The number of likely N-dealkylation sites (tertiary alicyclic amines) is 1. The van der Waals surface area contributed by atoms with Crippen LogP contribution in [0.15, 0.2) is 10.5 Å². The van der Waals surface area contributed by atoms with Crippen molar-refractivity contribution in [1.82, 2.24) is 4.90 Å². The first kappa shape index (κ1) is 13.8. The molecule has 100 valence electrons. The summed E-state index contributed by atoms with van der Waals surface area (Å²) in [4.78, 5) is 1.92. The lowest BCUT2D eigenvalue weighted by Gasteiger charge is -2.20. The molecular formula is C12H14BrF3N2. The van der Waals surface area contributed by atoms with E-state index in [9.17, 15) is 13.2 Å². The molecule has 1 aromatic rings. The Morgan fingerprint density at radius 1 is 1.39 bits per heavy atom. The van der Waals surface area contributed by atoms with Gasteiger partial charge in [0.25, 0.3) is 0 Å². The van der Waals surface area contributed by atoms with E-state index >= 15 is 0 Å². The molecule has 0 spiro atoms. The van der Waals surface area contributed by atoms with E-state index in [4.69, 9.17) is 5.73 Å². The molecule has 0 bridgehead atoms. The van der Waals surface area contributed by atoms with Crippen molar-refractivity contribution in [3.8, 4) is 0 Å². The maximum Gasteiger partial charge on any atom is 0.175 e. The maximum atomic E-state index is 14.0. The van der Waals surface area contributed by atoms with Crippen LogP contribution in [-0.2, 0) is 0 Å². The molecule has 18 heavy (non-hydrogen) atoms. The highest BCUT2D eigenvalue weighted by molar-refractivity contribution is 9.10. The van der Waals surface area contributed by atoms with Crippen molar-refractivity contribution < 1.29 is 13.2 Å². The summed E-state index contributed by atoms with van der Waals surface area (Å²) in [6.45, 7) is 1.24. The van der Waals surface area contributed by atoms with E-state index in [-0.39, 0.29) is 17.5 Å². The molecule has 1 aromatic carbocycles. The third kappa shape index (κ3) is 2.29. The molecule has 1 fully saturated rings. The highest BCUT2D eigenvalue weighted by Crippen LogP contribution is 2.38. The van der Waals surface area contributed by atoms with Crippen molar-refractivity contribution in [2.75, 3.05) is 20.1 Å². The fraction of sp³-hybridized carbons (Fsp3) is 0.500. The molecule has 1 aliphatic rings. The Kier molecular flexibility index (Phi) is 3.99. The van der Waals surface area contributed by atoms with E-state index in [0.29, 0.717) is 13.0 Å². The zero-order chi connectivity index (χ0) is 13.4. The van der Waals surface area contributed by atoms with Gasteiger partial charge in [0.05, 0.1) is 4.47 Å². The predicted octanol–water partition coefficient (Wildman–Crippen LogP) is 2.82. The smallest absolute Gasteiger partial charge is 0.175 e. The minimum Gasteiger partial charge on any atom is -0.330 e. The fourth-order valence-electron chi connectivity index (χ4n) is 2.47. The second-order valence-corrected chi connectivity index (χ2v) is 5.48. The Bertz CT molecular complexity index is 467. The van der Waals surface area contributed by atoms with E-state index in [2.05, 4.69) is 15.9 Å². The lowest BCUT2D eigenvalue weighted by Crippen LogP contribution is -2.21. The topological polar surface area (TPSA) is 29.3 Å². The monoisotopic (exact) mass is 322 g/mol. The van der Waals surface area contributed by atoms with Crippen LogP contribution in [0.1, 0.15) is 18.0 Å². The second-order valence-electron chi connectivity index (χ2n) is 4.68. The van der Waals surface area contributed by atoms with Crippen LogP contribution >= 0.6 is 15.9 Å². The van der Waals surface area contributed by atoms with E-state index in [1.165, 1.54) is 0 Å². The molecule has 0 radical (unpaired) electrons. The van der Waals surface area contributed by atoms with Gasteiger partial charge in [-0.15, -0.1) is 0 Å². The van der Waals surface area contributed by atoms with E-state index in [0.717, 1.165) is 12.6 Å². The molecule has 2 N–H and O–H groups in total. The van der Waals surface area contributed by atoms with Gasteiger partial charge >= 0.3 is 0 Å². The van der Waals surface area contributed by atoms with Crippen molar-refractivity contribution in [3.63, 3.8) is 0 Å². The average molecular weight is 323 g/mol. The van der Waals surface area contributed by atoms with Gasteiger partial charge in [0.2, 0.25) is 0 Å². The van der Waals surface area contributed by atoms with Crippen LogP contribution < -0.4 is 5.73 Å². The largest absolute Gasteiger partial charge is 0.330 e. The van der Waals surface area contributed by atoms with E-state index in [1.54, 1.807) is 0 Å². The number of benzene rings is 1. The zero-order valence-corrected chi connectivity index (χ0v) is 11.5. The predicted molar refractivity (Wildman–Crippen MR) is 66.5 cm³/mol. The first-order valence-electron chi connectivity index (χ1n) is 5.68. The molecule has 1 heterocycles. The first-order valence-corrected chi connectivity index (χ1v) is 6.48. The van der Waals surface area contributed by atoms with Gasteiger partial charge in [0.1, 0.15) is 5.82 Å². The van der Waals surface area contributed by atoms with Gasteiger partial charge in [-0.1, -0.05) is 0 Å². The summed E-state index contributed by atoms with van der Waals surface area (Å²) in [6.07, 6.45) is 0.654. The van der Waals surface area contributed by atoms with Gasteiger partial charge in [-0.05, 0) is 47.9 Å². The highest BCUT2D eigenvalue weighted by atomic mass is 79.9. The fourth-order valence-corrected chi connectivity index (χ4v) is 2.89. The Hall–Kier alpha value is -0.590. The zero-order valence-electron chi connectivity index (χ0n) is 9.89. The van der Waals surface area contributed by atoms with Crippen LogP contribution in [-0.4, -0.2) is 25.0 Å². The Morgan fingerprint density at radius 3 is 2.61 bits per heavy atom. The van der Waals surface area contributed by atoms with Gasteiger partial charge < -0.3 is 5.73 Å². The van der Waals surface area contributed by atoms with Crippen LogP contribution in [0.25, 0.3) is 0 Å². The average Bonchev–Trinajstić information content (AvgIpc) is 2.72. The summed E-state index contributed by atoms with van der Waals surface area (Å²) >= 11 is 2.75. The lowest BCUT2D eigenvalue weighted by atomic mass is 9.99. The SMILES string of the molecule is CN1CC(CN)CC1c1cc(F)c(F)c(Br)c1F. The third-order valence-corrected chi connectivity index (χ3v) is 4.15. The van der Waals surface area contributed by atoms with Crippen LogP contribution in [0.3, 0.4) is 0 Å². The van der Waals surface area contributed by atoms with Crippen LogP contribution in [0, 0.1) is 23.4 Å². The first-order chi connectivity index (χ1) is 8.45. The van der Waals surface area contributed by atoms with E-state index in [1.807, 2.05) is 11.9 Å².